The van der Waals surface area contributed by atoms with E-state index in [1.54, 1.807) is 23.5 Å². The summed E-state index contributed by atoms with van der Waals surface area (Å²) in [5.41, 5.74) is 6.58. The number of nitrogens with zero attached hydrogens (tertiary/aromatic N) is 1. The average molecular weight is 324 g/mol. The molecule has 0 bridgehead atoms. The highest BCUT2D eigenvalue weighted by Crippen LogP contribution is 2.22. The first kappa shape index (κ1) is 15.9. The second-order valence-corrected chi connectivity index (χ2v) is 6.35. The van der Waals surface area contributed by atoms with Crippen molar-refractivity contribution in [1.29, 1.82) is 0 Å². The molecular weight excluding hydrogens is 306 g/mol. The van der Waals surface area contributed by atoms with Crippen molar-refractivity contribution >= 4 is 28.8 Å². The molecule has 1 amide bonds. The Morgan fingerprint density at radius 1 is 1.52 bits per heavy atom. The lowest BCUT2D eigenvalue weighted by molar-refractivity contribution is 0.100. The van der Waals surface area contributed by atoms with Crippen molar-refractivity contribution in [1.82, 2.24) is 10.3 Å². The molecule has 0 saturated heterocycles. The number of primary amides is 1. The van der Waals surface area contributed by atoms with Gasteiger partial charge in [-0.1, -0.05) is 24.6 Å². The van der Waals surface area contributed by atoms with Gasteiger partial charge in [-0.2, -0.15) is 0 Å². The number of carbonyl (C=O) groups excluding carboxylic acids is 1. The molecule has 4 nitrogen and oxygen atoms in total. The lowest BCUT2D eigenvalue weighted by Gasteiger charge is -2.12. The summed E-state index contributed by atoms with van der Waals surface area (Å²) in [5, 5.41) is 5.00. The van der Waals surface area contributed by atoms with Crippen molar-refractivity contribution in [2.75, 3.05) is 0 Å². The molecule has 112 valence electrons. The first-order valence-corrected chi connectivity index (χ1v) is 7.97. The normalized spacial score (nSPS) is 12.3. The molecule has 2 aromatic rings. The van der Waals surface area contributed by atoms with Crippen LogP contribution < -0.4 is 11.1 Å². The van der Waals surface area contributed by atoms with E-state index in [4.69, 9.17) is 17.3 Å². The van der Waals surface area contributed by atoms with Crippen molar-refractivity contribution < 1.29 is 4.79 Å². The fourth-order valence-electron chi connectivity index (χ4n) is 1.88. The van der Waals surface area contributed by atoms with Gasteiger partial charge < -0.3 is 11.1 Å². The number of benzene rings is 1. The summed E-state index contributed by atoms with van der Waals surface area (Å²) in [6, 6.07) is 5.27. The smallest absolute Gasteiger partial charge is 0.248 e. The van der Waals surface area contributed by atoms with Gasteiger partial charge in [0.15, 0.2) is 0 Å². The molecule has 0 radical (unpaired) electrons. The predicted molar refractivity (Wildman–Crippen MR) is 86.7 cm³/mol. The zero-order valence-corrected chi connectivity index (χ0v) is 13.6. The summed E-state index contributed by atoms with van der Waals surface area (Å²) in [4.78, 5) is 16.8. The number of hydrogen-bond acceptors (Lipinski definition) is 4. The third-order valence-electron chi connectivity index (χ3n) is 3.23. The Labute approximate surface area is 133 Å². The predicted octanol–water partition coefficient (Wildman–Crippen LogP) is 3.31. The number of hydrogen-bond donors (Lipinski definition) is 2. The van der Waals surface area contributed by atoms with E-state index < -0.39 is 5.91 Å². The fraction of sp³-hybridized carbons (Fsp3) is 0.333. The summed E-state index contributed by atoms with van der Waals surface area (Å²) in [6.07, 6.45) is 2.93. The number of aromatic nitrogens is 1. The SMILES string of the molecule is CCc1cnc(C(C)NCc2ccc(C(N)=O)cc2Cl)s1. The largest absolute Gasteiger partial charge is 0.366 e. The molecular formula is C15H18ClN3OS. The van der Waals surface area contributed by atoms with Gasteiger partial charge in [-0.25, -0.2) is 4.98 Å². The maximum Gasteiger partial charge on any atom is 0.248 e. The molecule has 0 aliphatic rings. The van der Waals surface area contributed by atoms with E-state index in [2.05, 4.69) is 24.1 Å². The quantitative estimate of drug-likeness (QED) is 0.857. The lowest BCUT2D eigenvalue weighted by Crippen LogP contribution is -2.18. The Morgan fingerprint density at radius 2 is 2.29 bits per heavy atom. The number of rotatable bonds is 6. The fourth-order valence-corrected chi connectivity index (χ4v) is 3.01. The minimum Gasteiger partial charge on any atom is -0.366 e. The van der Waals surface area contributed by atoms with Crippen molar-refractivity contribution in [3.63, 3.8) is 0 Å². The van der Waals surface area contributed by atoms with Crippen LogP contribution in [-0.4, -0.2) is 10.9 Å². The van der Waals surface area contributed by atoms with Gasteiger partial charge in [-0.3, -0.25) is 4.79 Å². The minimum atomic E-state index is -0.473. The van der Waals surface area contributed by atoms with Gasteiger partial charge in [-0.05, 0) is 31.0 Å². The topological polar surface area (TPSA) is 68.0 Å². The number of aryl methyl sites for hydroxylation is 1. The van der Waals surface area contributed by atoms with Crippen LogP contribution in [0.4, 0.5) is 0 Å². The van der Waals surface area contributed by atoms with Gasteiger partial charge in [0, 0.05) is 28.2 Å². The molecule has 21 heavy (non-hydrogen) atoms. The highest BCUT2D eigenvalue weighted by molar-refractivity contribution is 7.11. The summed E-state index contributed by atoms with van der Waals surface area (Å²) in [6.45, 7) is 4.81. The monoisotopic (exact) mass is 323 g/mol. The molecule has 1 atom stereocenters. The number of nitrogens with two attached hydrogens (primary N) is 1. The Bertz CT molecular complexity index is 642. The Morgan fingerprint density at radius 3 is 2.86 bits per heavy atom. The second kappa shape index (κ2) is 7.02. The van der Waals surface area contributed by atoms with Gasteiger partial charge in [0.05, 0.1) is 6.04 Å². The third kappa shape index (κ3) is 4.03. The van der Waals surface area contributed by atoms with Crippen molar-refractivity contribution in [2.45, 2.75) is 32.9 Å². The maximum absolute atomic E-state index is 11.1. The van der Waals surface area contributed by atoms with E-state index in [0.29, 0.717) is 17.1 Å². The molecule has 0 saturated carbocycles. The molecule has 1 aromatic heterocycles. The number of carbonyl (C=O) groups is 1. The van der Waals surface area contributed by atoms with E-state index in [1.165, 1.54) is 4.88 Å². The van der Waals surface area contributed by atoms with Gasteiger partial charge in [0.25, 0.3) is 0 Å². The van der Waals surface area contributed by atoms with Gasteiger partial charge in [0.2, 0.25) is 5.91 Å². The Kier molecular flexibility index (Phi) is 5.33. The van der Waals surface area contributed by atoms with Gasteiger partial charge in [0.1, 0.15) is 5.01 Å². The number of nitrogens with one attached hydrogen (secondary N) is 1. The second-order valence-electron chi connectivity index (χ2n) is 4.79. The first-order chi connectivity index (χ1) is 10.0. The van der Waals surface area contributed by atoms with E-state index >= 15 is 0 Å². The van der Waals surface area contributed by atoms with Gasteiger partial charge in [-0.15, -0.1) is 11.3 Å². The highest BCUT2D eigenvalue weighted by Gasteiger charge is 2.11. The van der Waals surface area contributed by atoms with Crippen LogP contribution in [0.25, 0.3) is 0 Å². The molecule has 1 heterocycles. The van der Waals surface area contributed by atoms with Crippen LogP contribution in [0, 0.1) is 0 Å². The summed E-state index contributed by atoms with van der Waals surface area (Å²) < 4.78 is 0. The van der Waals surface area contributed by atoms with Crippen LogP contribution in [0.2, 0.25) is 5.02 Å². The number of thiazole rings is 1. The minimum absolute atomic E-state index is 0.155. The van der Waals surface area contributed by atoms with E-state index in [0.717, 1.165) is 17.0 Å². The number of halogens is 1. The van der Waals surface area contributed by atoms with Crippen molar-refractivity contribution in [3.05, 3.63) is 50.4 Å². The molecule has 1 aromatic carbocycles. The van der Waals surface area contributed by atoms with Crippen molar-refractivity contribution in [3.8, 4) is 0 Å². The third-order valence-corrected chi connectivity index (χ3v) is 4.90. The van der Waals surface area contributed by atoms with Crippen LogP contribution >= 0.6 is 22.9 Å². The molecule has 0 aliphatic heterocycles. The maximum atomic E-state index is 11.1. The zero-order chi connectivity index (χ0) is 15.4. The molecule has 0 fully saturated rings. The van der Waals surface area contributed by atoms with E-state index in [-0.39, 0.29) is 6.04 Å². The molecule has 6 heteroatoms. The van der Waals surface area contributed by atoms with Crippen LogP contribution in [-0.2, 0) is 13.0 Å². The summed E-state index contributed by atoms with van der Waals surface area (Å²) in [7, 11) is 0. The first-order valence-electron chi connectivity index (χ1n) is 6.77. The van der Waals surface area contributed by atoms with E-state index in [9.17, 15) is 4.79 Å². The zero-order valence-electron chi connectivity index (χ0n) is 12.0. The number of amides is 1. The average Bonchev–Trinajstić information content (AvgIpc) is 2.94. The Hall–Kier alpha value is -1.43. The molecule has 0 aliphatic carbocycles. The Balaban J connectivity index is 2.00. The van der Waals surface area contributed by atoms with Gasteiger partial charge >= 0.3 is 0 Å². The van der Waals surface area contributed by atoms with E-state index in [1.807, 2.05) is 12.3 Å². The summed E-state index contributed by atoms with van der Waals surface area (Å²) >= 11 is 7.89. The molecule has 2 rings (SSSR count). The molecule has 1 unspecified atom stereocenters. The molecule has 3 N–H and O–H groups in total. The highest BCUT2D eigenvalue weighted by atomic mass is 35.5. The standard InChI is InChI=1S/C15H18ClN3OS/c1-3-12-8-19-15(21-12)9(2)18-7-11-5-4-10(14(17)20)6-13(11)16/h4-6,8-9,18H,3,7H2,1-2H3,(H2,17,20). The van der Waals surface area contributed by atoms with Crippen LogP contribution in [0.5, 0.6) is 0 Å². The summed E-state index contributed by atoms with van der Waals surface area (Å²) in [5.74, 6) is -0.473. The van der Waals surface area contributed by atoms with Crippen LogP contribution in [0.15, 0.2) is 24.4 Å². The lowest BCUT2D eigenvalue weighted by atomic mass is 10.1. The van der Waals surface area contributed by atoms with Crippen molar-refractivity contribution in [2.24, 2.45) is 5.73 Å². The van der Waals surface area contributed by atoms with Crippen LogP contribution in [0.3, 0.4) is 0 Å². The van der Waals surface area contributed by atoms with Crippen LogP contribution in [0.1, 0.15) is 45.7 Å². The molecule has 0 spiro atoms.